The molecule has 1 aliphatic rings. The van der Waals surface area contributed by atoms with Gasteiger partial charge in [-0.1, -0.05) is 35.9 Å². The van der Waals surface area contributed by atoms with E-state index in [9.17, 15) is 0 Å². The molecule has 0 bridgehead atoms. The number of anilines is 1. The van der Waals surface area contributed by atoms with E-state index in [1.54, 1.807) is 7.11 Å². The molecule has 0 unspecified atom stereocenters. The van der Waals surface area contributed by atoms with Gasteiger partial charge in [0.1, 0.15) is 5.75 Å². The van der Waals surface area contributed by atoms with Crippen LogP contribution in [0.25, 0.3) is 0 Å². The Morgan fingerprint density at radius 2 is 1.62 bits per heavy atom. The molecule has 2 aromatic rings. The number of hydrogen-bond donors (Lipinski definition) is 1. The smallest absolute Gasteiger partial charge is 0.142 e. The zero-order valence-electron chi connectivity index (χ0n) is 13.0. The molecule has 0 atom stereocenters. The number of rotatable bonds is 4. The van der Waals surface area contributed by atoms with Crippen LogP contribution in [-0.4, -0.2) is 13.2 Å². The first-order chi connectivity index (χ1) is 10.2. The van der Waals surface area contributed by atoms with Gasteiger partial charge in [-0.05, 0) is 55.9 Å². The molecule has 2 nitrogen and oxygen atoms in total. The van der Waals surface area contributed by atoms with Gasteiger partial charge < -0.3 is 10.1 Å². The fourth-order valence-corrected chi connectivity index (χ4v) is 2.98. The van der Waals surface area contributed by atoms with E-state index in [0.29, 0.717) is 12.0 Å². The lowest BCUT2D eigenvalue weighted by Crippen LogP contribution is -2.34. The van der Waals surface area contributed by atoms with E-state index in [-0.39, 0.29) is 0 Å². The zero-order valence-corrected chi connectivity index (χ0v) is 13.0. The van der Waals surface area contributed by atoms with Gasteiger partial charge in [0.05, 0.1) is 12.8 Å². The molecule has 0 radical (unpaired) electrons. The van der Waals surface area contributed by atoms with E-state index in [1.165, 1.54) is 29.5 Å². The lowest BCUT2D eigenvalue weighted by Gasteiger charge is -2.37. The first-order valence-electron chi connectivity index (χ1n) is 7.63. The maximum atomic E-state index is 5.46. The summed E-state index contributed by atoms with van der Waals surface area (Å²) in [7, 11) is 1.73. The van der Waals surface area contributed by atoms with Crippen LogP contribution in [0, 0.1) is 13.8 Å². The van der Waals surface area contributed by atoms with Crippen molar-refractivity contribution in [3.63, 3.8) is 0 Å². The Kier molecular flexibility index (Phi) is 3.87. The van der Waals surface area contributed by atoms with Crippen LogP contribution in [0.1, 0.15) is 35.4 Å². The van der Waals surface area contributed by atoms with E-state index in [1.807, 2.05) is 0 Å². The molecule has 3 rings (SSSR count). The van der Waals surface area contributed by atoms with E-state index in [2.05, 4.69) is 61.6 Å². The van der Waals surface area contributed by atoms with Crippen molar-refractivity contribution in [3.8, 4) is 5.75 Å². The normalized spacial score (nSPS) is 20.7. The van der Waals surface area contributed by atoms with Crippen molar-refractivity contribution in [2.75, 3.05) is 12.4 Å². The van der Waals surface area contributed by atoms with Gasteiger partial charge in [-0.3, -0.25) is 0 Å². The molecule has 1 saturated carbocycles. The lowest BCUT2D eigenvalue weighted by molar-refractivity contribution is 0.370. The van der Waals surface area contributed by atoms with Crippen molar-refractivity contribution in [3.05, 3.63) is 59.2 Å². The van der Waals surface area contributed by atoms with Crippen LogP contribution in [0.15, 0.2) is 42.5 Å². The van der Waals surface area contributed by atoms with Gasteiger partial charge in [0, 0.05) is 6.04 Å². The molecule has 21 heavy (non-hydrogen) atoms. The van der Waals surface area contributed by atoms with Gasteiger partial charge in [0.25, 0.3) is 0 Å². The quantitative estimate of drug-likeness (QED) is 0.879. The predicted molar refractivity (Wildman–Crippen MR) is 88.3 cm³/mol. The van der Waals surface area contributed by atoms with Gasteiger partial charge in [-0.15, -0.1) is 0 Å². The Morgan fingerprint density at radius 1 is 0.952 bits per heavy atom. The van der Waals surface area contributed by atoms with Gasteiger partial charge in [-0.25, -0.2) is 0 Å². The Bertz CT molecular complexity index is 612. The minimum atomic E-state index is 0.549. The summed E-state index contributed by atoms with van der Waals surface area (Å²) in [5, 5.41) is 3.61. The molecule has 1 N–H and O–H groups in total. The Labute approximate surface area is 127 Å². The molecule has 0 saturated heterocycles. The topological polar surface area (TPSA) is 21.3 Å². The average Bonchev–Trinajstić information content (AvgIpc) is 2.45. The highest BCUT2D eigenvalue weighted by Crippen LogP contribution is 2.39. The fraction of sp³-hybridized carbons (Fsp3) is 0.368. The van der Waals surface area contributed by atoms with Crippen molar-refractivity contribution in [1.82, 2.24) is 0 Å². The fourth-order valence-electron chi connectivity index (χ4n) is 2.98. The van der Waals surface area contributed by atoms with E-state index < -0.39 is 0 Å². The van der Waals surface area contributed by atoms with Crippen LogP contribution in [0.4, 0.5) is 5.69 Å². The summed E-state index contributed by atoms with van der Waals surface area (Å²) >= 11 is 0. The minimum Gasteiger partial charge on any atom is -0.495 e. The number of hydrogen-bond acceptors (Lipinski definition) is 2. The van der Waals surface area contributed by atoms with Crippen LogP contribution in [0.5, 0.6) is 5.75 Å². The third-order valence-electron chi connectivity index (χ3n) is 4.40. The third-order valence-corrected chi connectivity index (χ3v) is 4.40. The van der Waals surface area contributed by atoms with E-state index in [0.717, 1.165) is 11.4 Å². The molecule has 0 heterocycles. The molecular weight excluding hydrogens is 258 g/mol. The second-order valence-electron chi connectivity index (χ2n) is 6.12. The minimum absolute atomic E-state index is 0.549. The van der Waals surface area contributed by atoms with Crippen LogP contribution < -0.4 is 10.1 Å². The van der Waals surface area contributed by atoms with Gasteiger partial charge in [0.15, 0.2) is 0 Å². The van der Waals surface area contributed by atoms with Crippen molar-refractivity contribution < 1.29 is 4.74 Å². The number of benzene rings is 2. The zero-order chi connectivity index (χ0) is 14.8. The molecule has 0 spiro atoms. The van der Waals surface area contributed by atoms with Crippen LogP contribution in [-0.2, 0) is 0 Å². The van der Waals surface area contributed by atoms with Crippen molar-refractivity contribution in [1.29, 1.82) is 0 Å². The second kappa shape index (κ2) is 5.80. The molecule has 1 fully saturated rings. The van der Waals surface area contributed by atoms with Crippen LogP contribution in [0.3, 0.4) is 0 Å². The summed E-state index contributed by atoms with van der Waals surface area (Å²) in [5.41, 5.74) is 5.13. The third kappa shape index (κ3) is 3.05. The van der Waals surface area contributed by atoms with Gasteiger partial charge >= 0.3 is 0 Å². The van der Waals surface area contributed by atoms with Crippen molar-refractivity contribution in [2.24, 2.45) is 0 Å². The van der Waals surface area contributed by atoms with E-state index >= 15 is 0 Å². The molecular formula is C19H23NO. The van der Waals surface area contributed by atoms with Crippen LogP contribution >= 0.6 is 0 Å². The molecule has 0 aliphatic heterocycles. The monoisotopic (exact) mass is 281 g/mol. The number of aryl methyl sites for hydroxylation is 2. The molecule has 2 heteroatoms. The average molecular weight is 281 g/mol. The largest absolute Gasteiger partial charge is 0.495 e. The maximum absolute atomic E-state index is 5.46. The molecule has 0 amide bonds. The summed E-state index contributed by atoms with van der Waals surface area (Å²) in [4.78, 5) is 0. The molecule has 110 valence electrons. The second-order valence-corrected chi connectivity index (χ2v) is 6.12. The first kappa shape index (κ1) is 14.0. The standard InChI is InChI=1S/C19H23NO/c1-13-4-7-15(8-5-13)16-11-17(12-16)20-18-9-6-14(2)10-19(18)21-3/h4-10,16-17,20H,11-12H2,1-3H3. The van der Waals surface area contributed by atoms with Gasteiger partial charge in [0.2, 0.25) is 0 Å². The summed E-state index contributed by atoms with van der Waals surface area (Å²) < 4.78 is 5.46. The highest BCUT2D eigenvalue weighted by molar-refractivity contribution is 5.58. The number of methoxy groups -OCH3 is 1. The van der Waals surface area contributed by atoms with E-state index in [4.69, 9.17) is 4.74 Å². The summed E-state index contributed by atoms with van der Waals surface area (Å²) in [5.74, 6) is 1.63. The predicted octanol–water partition coefficient (Wildman–Crippen LogP) is 4.67. The van der Waals surface area contributed by atoms with Crippen LogP contribution in [0.2, 0.25) is 0 Å². The summed E-state index contributed by atoms with van der Waals surface area (Å²) in [6, 6.07) is 15.8. The number of ether oxygens (including phenoxy) is 1. The Balaban J connectivity index is 1.61. The molecule has 0 aromatic heterocycles. The Morgan fingerprint density at radius 3 is 2.29 bits per heavy atom. The van der Waals surface area contributed by atoms with Crippen molar-refractivity contribution in [2.45, 2.75) is 38.6 Å². The summed E-state index contributed by atoms with van der Waals surface area (Å²) in [6.07, 6.45) is 2.39. The Hall–Kier alpha value is -1.96. The SMILES string of the molecule is COc1cc(C)ccc1NC1CC(c2ccc(C)cc2)C1. The highest BCUT2D eigenvalue weighted by atomic mass is 16.5. The van der Waals surface area contributed by atoms with Gasteiger partial charge in [-0.2, -0.15) is 0 Å². The lowest BCUT2D eigenvalue weighted by atomic mass is 9.75. The maximum Gasteiger partial charge on any atom is 0.142 e. The highest BCUT2D eigenvalue weighted by Gasteiger charge is 2.30. The summed E-state index contributed by atoms with van der Waals surface area (Å²) in [6.45, 7) is 4.22. The first-order valence-corrected chi connectivity index (χ1v) is 7.63. The molecule has 2 aromatic carbocycles. The molecule has 1 aliphatic carbocycles. The van der Waals surface area contributed by atoms with Crippen molar-refractivity contribution >= 4 is 5.69 Å². The number of nitrogens with one attached hydrogen (secondary N) is 1.